The average Bonchev–Trinajstić information content (AvgIpc) is 3.91. The van der Waals surface area contributed by atoms with Gasteiger partial charge in [-0.1, -0.05) is 145 Å². The molecule has 0 atom stereocenters. The quantitative estimate of drug-likeness (QED) is 0.178. The monoisotopic (exact) mass is 716 g/mol. The Morgan fingerprint density at radius 1 is 0.444 bits per heavy atom. The van der Waals surface area contributed by atoms with Crippen molar-refractivity contribution in [1.82, 2.24) is 15.0 Å². The normalized spacial score (nSPS) is 14.0. The summed E-state index contributed by atoms with van der Waals surface area (Å²) in [5.41, 5.74) is 6.38. The van der Waals surface area contributed by atoms with Gasteiger partial charge in [0.2, 0.25) is 0 Å². The van der Waals surface area contributed by atoms with Crippen molar-refractivity contribution in [3.05, 3.63) is 176 Å². The van der Waals surface area contributed by atoms with Gasteiger partial charge in [-0.3, -0.25) is 0 Å². The molecule has 0 bridgehead atoms. The molecule has 0 aliphatic carbocycles. The summed E-state index contributed by atoms with van der Waals surface area (Å²) in [6.07, 6.45) is 0. The van der Waals surface area contributed by atoms with E-state index in [1.54, 1.807) is 24.3 Å². The molecular weight excluding hydrogens is 679 g/mol. The van der Waals surface area contributed by atoms with Crippen molar-refractivity contribution in [2.24, 2.45) is 0 Å². The molecule has 3 aromatic heterocycles. The molecular formula is C49H29N3OS. The summed E-state index contributed by atoms with van der Waals surface area (Å²) in [4.78, 5) is 14.8. The predicted octanol–water partition coefficient (Wildman–Crippen LogP) is 13.6. The van der Waals surface area contributed by atoms with Gasteiger partial charge in [0.15, 0.2) is 17.5 Å². The zero-order chi connectivity index (χ0) is 43.4. The molecule has 0 fully saturated rings. The molecule has 0 aliphatic heterocycles. The summed E-state index contributed by atoms with van der Waals surface area (Å²) < 4.78 is 86.0. The van der Waals surface area contributed by atoms with Gasteiger partial charge >= 0.3 is 0 Å². The largest absolute Gasteiger partial charge is 0.456 e. The lowest BCUT2D eigenvalue weighted by molar-refractivity contribution is 0.669. The van der Waals surface area contributed by atoms with Crippen LogP contribution in [0.2, 0.25) is 0 Å². The van der Waals surface area contributed by atoms with Gasteiger partial charge in [0.05, 0.1) is 12.3 Å². The van der Waals surface area contributed by atoms with Crippen molar-refractivity contribution >= 4 is 64.2 Å². The topological polar surface area (TPSA) is 51.8 Å². The summed E-state index contributed by atoms with van der Waals surface area (Å²) >= 11 is 1.00. The van der Waals surface area contributed by atoms with E-state index >= 15 is 0 Å². The van der Waals surface area contributed by atoms with Gasteiger partial charge in [-0.2, -0.15) is 0 Å². The highest BCUT2D eigenvalue weighted by Crippen LogP contribution is 2.43. The maximum atomic E-state index is 9.61. The molecule has 0 aliphatic rings. The van der Waals surface area contributed by atoms with Crippen molar-refractivity contribution in [2.75, 3.05) is 0 Å². The lowest BCUT2D eigenvalue weighted by Gasteiger charge is -2.11. The molecule has 0 radical (unpaired) electrons. The van der Waals surface area contributed by atoms with E-state index in [1.165, 1.54) is 0 Å². The molecule has 0 unspecified atom stereocenters. The first kappa shape index (κ1) is 22.9. The number of fused-ring (bicyclic) bond motifs is 8. The molecule has 0 N–H and O–H groups in total. The first-order chi connectivity index (χ1) is 30.5. The highest BCUT2D eigenvalue weighted by atomic mass is 32.1. The molecule has 54 heavy (non-hydrogen) atoms. The Morgan fingerprint density at radius 3 is 1.80 bits per heavy atom. The minimum Gasteiger partial charge on any atom is -0.456 e. The van der Waals surface area contributed by atoms with E-state index in [2.05, 4.69) is 18.2 Å². The van der Waals surface area contributed by atoms with Crippen LogP contribution in [0.5, 0.6) is 0 Å². The summed E-state index contributed by atoms with van der Waals surface area (Å²) in [7, 11) is 0. The minimum atomic E-state index is -0.460. The van der Waals surface area contributed by atoms with Crippen LogP contribution in [0.25, 0.3) is 109 Å². The zero-order valence-corrected chi connectivity index (χ0v) is 29.0. The standard InChI is InChI=1S/C49H29N3OS/c1-3-12-30(13-4-1)35-19-11-20-42-45(35)39-27-26-34(28-43(39)53-42)49-51-47(32-14-5-2-6-15-32)50-48(52-49)33-24-22-31(23-25-33)40-29-41-37-17-9-10-21-44(37)54-46(41)38-18-8-7-16-36(38)40/h1-29H/i7D,8D,9D,10D,16D,17D,18D,21D,29D. The van der Waals surface area contributed by atoms with Gasteiger partial charge < -0.3 is 4.42 Å². The molecule has 5 heteroatoms. The number of hydrogen-bond donors (Lipinski definition) is 0. The second-order valence-electron chi connectivity index (χ2n) is 12.9. The molecule has 252 valence electrons. The fourth-order valence-corrected chi connectivity index (χ4v) is 8.22. The Morgan fingerprint density at radius 2 is 1.04 bits per heavy atom. The molecule has 8 aromatic carbocycles. The first-order valence-electron chi connectivity index (χ1n) is 21.8. The van der Waals surface area contributed by atoms with Crippen molar-refractivity contribution in [3.63, 3.8) is 0 Å². The van der Waals surface area contributed by atoms with Crippen molar-refractivity contribution in [2.45, 2.75) is 0 Å². The molecule has 3 heterocycles. The van der Waals surface area contributed by atoms with Crippen LogP contribution in [0.1, 0.15) is 12.3 Å². The van der Waals surface area contributed by atoms with Gasteiger partial charge in [-0.25, -0.2) is 15.0 Å². The van der Waals surface area contributed by atoms with Crippen LogP contribution in [0, 0.1) is 0 Å². The maximum Gasteiger partial charge on any atom is 0.164 e. The summed E-state index contributed by atoms with van der Waals surface area (Å²) in [5, 5.41) is 2.59. The highest BCUT2D eigenvalue weighted by Gasteiger charge is 2.18. The van der Waals surface area contributed by atoms with Crippen LogP contribution in [0.3, 0.4) is 0 Å². The molecule has 0 saturated heterocycles. The Balaban J connectivity index is 1.09. The Hall–Kier alpha value is -6.95. The number of thiophene rings is 1. The summed E-state index contributed by atoms with van der Waals surface area (Å²) in [6.45, 7) is 0. The third-order valence-electron chi connectivity index (χ3n) is 9.69. The van der Waals surface area contributed by atoms with Crippen molar-refractivity contribution in [3.8, 4) is 56.4 Å². The first-order valence-corrected chi connectivity index (χ1v) is 18.1. The number of rotatable bonds is 5. The number of hydrogen-bond acceptors (Lipinski definition) is 5. The fourth-order valence-electron chi connectivity index (χ4n) is 7.15. The van der Waals surface area contributed by atoms with E-state index in [0.717, 1.165) is 44.4 Å². The third-order valence-corrected chi connectivity index (χ3v) is 10.8. The molecule has 0 saturated carbocycles. The predicted molar refractivity (Wildman–Crippen MR) is 225 cm³/mol. The van der Waals surface area contributed by atoms with Gasteiger partial charge in [-0.15, -0.1) is 11.3 Å². The molecule has 0 spiro atoms. The van der Waals surface area contributed by atoms with E-state index in [4.69, 9.17) is 30.3 Å². The van der Waals surface area contributed by atoms with Gasteiger partial charge in [-0.05, 0) is 57.9 Å². The van der Waals surface area contributed by atoms with E-state index in [1.807, 2.05) is 78.9 Å². The van der Waals surface area contributed by atoms with Crippen LogP contribution in [0.15, 0.2) is 180 Å². The Bertz CT molecular complexity index is 3730. The van der Waals surface area contributed by atoms with Crippen LogP contribution < -0.4 is 0 Å². The number of benzene rings is 8. The van der Waals surface area contributed by atoms with E-state index in [9.17, 15) is 1.37 Å². The molecule has 0 amide bonds. The lowest BCUT2D eigenvalue weighted by Crippen LogP contribution is -2.00. The number of aromatic nitrogens is 3. The van der Waals surface area contributed by atoms with Crippen LogP contribution in [0.4, 0.5) is 0 Å². The molecule has 4 nitrogen and oxygen atoms in total. The van der Waals surface area contributed by atoms with Crippen LogP contribution in [-0.2, 0) is 0 Å². The molecule has 11 rings (SSSR count). The molecule has 11 aromatic rings. The summed E-state index contributed by atoms with van der Waals surface area (Å²) in [5.74, 6) is 1.24. The maximum absolute atomic E-state index is 9.61. The van der Waals surface area contributed by atoms with E-state index in [0.29, 0.717) is 44.4 Å². The second-order valence-corrected chi connectivity index (χ2v) is 13.9. The second kappa shape index (κ2) is 12.3. The van der Waals surface area contributed by atoms with E-state index in [-0.39, 0.29) is 62.0 Å². The van der Waals surface area contributed by atoms with Crippen LogP contribution in [-0.4, -0.2) is 15.0 Å². The third kappa shape index (κ3) is 5.01. The van der Waals surface area contributed by atoms with Gasteiger partial charge in [0, 0.05) is 53.0 Å². The minimum absolute atomic E-state index is 0.114. The summed E-state index contributed by atoms with van der Waals surface area (Å²) in [6, 6.07) is 35.7. The fraction of sp³-hybridized carbons (Fsp3) is 0. The Labute approximate surface area is 327 Å². The van der Waals surface area contributed by atoms with Crippen molar-refractivity contribution in [1.29, 1.82) is 0 Å². The van der Waals surface area contributed by atoms with E-state index < -0.39 is 24.2 Å². The highest BCUT2D eigenvalue weighted by molar-refractivity contribution is 7.26. The van der Waals surface area contributed by atoms with Crippen molar-refractivity contribution < 1.29 is 16.8 Å². The van der Waals surface area contributed by atoms with Gasteiger partial charge in [0.25, 0.3) is 0 Å². The Kier molecular flexibility index (Phi) is 5.22. The zero-order valence-electron chi connectivity index (χ0n) is 37.2. The van der Waals surface area contributed by atoms with Crippen LogP contribution >= 0.6 is 11.3 Å². The lowest BCUT2D eigenvalue weighted by atomic mass is 9.95. The van der Waals surface area contributed by atoms with Gasteiger partial charge in [0.1, 0.15) is 11.2 Å². The SMILES string of the molecule is [2H]c1c([2H])c([2H])c2c(sc3c4c([2H])c([2H])c([2H])c([2H])c4c(-c4ccc(-c5nc(-c6ccccc6)nc(-c6ccc7c(c6)oc6cccc(-c8ccccc8)c67)n5)cc4)c([2H])c32)c1[2H]. The smallest absolute Gasteiger partial charge is 0.164 e. The number of furan rings is 1. The number of nitrogens with zero attached hydrogens (tertiary/aromatic N) is 3. The average molecular weight is 717 g/mol.